The number of amides is 1. The number of thiophene rings is 1. The third kappa shape index (κ3) is 6.74. The van der Waals surface area contributed by atoms with Crippen LogP contribution in [0.4, 0.5) is 11.4 Å². The maximum absolute atomic E-state index is 13.6. The van der Waals surface area contributed by atoms with E-state index in [0.717, 1.165) is 90.2 Å². The zero-order valence-corrected chi connectivity index (χ0v) is 25.6. The molecule has 41 heavy (non-hydrogen) atoms. The predicted octanol–water partition coefficient (Wildman–Crippen LogP) is 6.24. The van der Waals surface area contributed by atoms with Gasteiger partial charge in [0, 0.05) is 37.3 Å². The van der Waals surface area contributed by atoms with E-state index in [9.17, 15) is 4.79 Å². The Hall–Kier alpha value is -3.40. The van der Waals surface area contributed by atoms with Crippen molar-refractivity contribution in [3.8, 4) is 17.0 Å². The molecule has 0 radical (unpaired) electrons. The van der Waals surface area contributed by atoms with Crippen molar-refractivity contribution in [2.24, 2.45) is 0 Å². The molecular weight excluding hydrogens is 532 g/mol. The summed E-state index contributed by atoms with van der Waals surface area (Å²) in [5.74, 6) is 0.879. The molecule has 0 bridgehead atoms. The first-order valence-electron chi connectivity index (χ1n) is 14.5. The van der Waals surface area contributed by atoms with Crippen LogP contribution >= 0.6 is 11.3 Å². The van der Waals surface area contributed by atoms with Gasteiger partial charge in [0.25, 0.3) is 0 Å². The number of aromatic amines is 1. The van der Waals surface area contributed by atoms with Gasteiger partial charge in [0.05, 0.1) is 17.3 Å². The molecule has 1 aliphatic rings. The second-order valence-electron chi connectivity index (χ2n) is 11.3. The van der Waals surface area contributed by atoms with Crippen LogP contribution in [0, 0.1) is 0 Å². The molecule has 9 heteroatoms. The largest absolute Gasteiger partial charge is 0.488 e. The molecule has 0 aliphatic carbocycles. The first-order chi connectivity index (χ1) is 19.8. The number of likely N-dealkylation sites (tertiary alicyclic amines) is 1. The number of nitrogens with one attached hydrogen (secondary N) is 2. The number of hydrogen-bond acceptors (Lipinski definition) is 7. The summed E-state index contributed by atoms with van der Waals surface area (Å²) < 4.78 is 6.48. The SMILES string of the molecule is CCC(CCN(C)C)Oc1ccc(-c2n[nH]c3ccc(NC(=O)C(c4ccsc4)N4CCCC4)cc23)cc1N(C)C. The van der Waals surface area contributed by atoms with Crippen LogP contribution < -0.4 is 15.0 Å². The van der Waals surface area contributed by atoms with Gasteiger partial charge in [-0.3, -0.25) is 14.8 Å². The molecule has 2 aromatic carbocycles. The van der Waals surface area contributed by atoms with Crippen molar-refractivity contribution >= 4 is 39.5 Å². The number of ether oxygens (including phenoxy) is 1. The van der Waals surface area contributed by atoms with Gasteiger partial charge in [-0.25, -0.2) is 0 Å². The Morgan fingerprint density at radius 3 is 2.61 bits per heavy atom. The maximum atomic E-state index is 13.6. The molecule has 4 aromatic rings. The zero-order valence-electron chi connectivity index (χ0n) is 24.8. The minimum Gasteiger partial charge on any atom is -0.488 e. The van der Waals surface area contributed by atoms with E-state index in [2.05, 4.69) is 80.9 Å². The summed E-state index contributed by atoms with van der Waals surface area (Å²) in [4.78, 5) is 20.1. The van der Waals surface area contributed by atoms with Crippen molar-refractivity contribution in [2.45, 2.75) is 44.8 Å². The molecule has 2 atom stereocenters. The highest BCUT2D eigenvalue weighted by Crippen LogP contribution is 2.36. The lowest BCUT2D eigenvalue weighted by Gasteiger charge is -2.26. The van der Waals surface area contributed by atoms with Gasteiger partial charge >= 0.3 is 0 Å². The van der Waals surface area contributed by atoms with E-state index in [1.807, 2.05) is 37.7 Å². The lowest BCUT2D eigenvalue weighted by atomic mass is 10.0. The van der Waals surface area contributed by atoms with Gasteiger partial charge in [0.15, 0.2) is 0 Å². The van der Waals surface area contributed by atoms with Crippen LogP contribution in [0.2, 0.25) is 0 Å². The van der Waals surface area contributed by atoms with Crippen molar-refractivity contribution in [3.05, 3.63) is 58.8 Å². The molecule has 1 saturated heterocycles. The fourth-order valence-corrected chi connectivity index (χ4v) is 6.20. The highest BCUT2D eigenvalue weighted by Gasteiger charge is 2.30. The summed E-state index contributed by atoms with van der Waals surface area (Å²) >= 11 is 1.63. The van der Waals surface area contributed by atoms with Crippen LogP contribution in [0.5, 0.6) is 5.75 Å². The fraction of sp³-hybridized carbons (Fsp3) is 0.438. The van der Waals surface area contributed by atoms with Crippen LogP contribution in [0.3, 0.4) is 0 Å². The number of hydrogen-bond donors (Lipinski definition) is 2. The molecule has 5 rings (SSSR count). The Balaban J connectivity index is 1.40. The number of anilines is 2. The average Bonchev–Trinajstić information content (AvgIpc) is 3.74. The third-order valence-corrected chi connectivity index (χ3v) is 8.51. The Bertz CT molecular complexity index is 1440. The molecule has 1 fully saturated rings. The molecule has 2 N–H and O–H groups in total. The number of carbonyl (C=O) groups is 1. The molecule has 8 nitrogen and oxygen atoms in total. The number of rotatable bonds is 12. The number of H-pyrrole nitrogens is 1. The Kier molecular flexibility index (Phi) is 9.27. The first-order valence-corrected chi connectivity index (χ1v) is 15.5. The molecule has 2 unspecified atom stereocenters. The van der Waals surface area contributed by atoms with Gasteiger partial charge in [-0.1, -0.05) is 6.92 Å². The van der Waals surface area contributed by atoms with Gasteiger partial charge in [-0.05, 0) is 112 Å². The minimum absolute atomic E-state index is 0.00540. The first kappa shape index (κ1) is 29.1. The van der Waals surface area contributed by atoms with Crippen molar-refractivity contribution in [1.29, 1.82) is 0 Å². The monoisotopic (exact) mass is 574 g/mol. The van der Waals surface area contributed by atoms with E-state index in [1.165, 1.54) is 0 Å². The van der Waals surface area contributed by atoms with Crippen LogP contribution in [0.15, 0.2) is 53.2 Å². The Labute approximate surface area is 247 Å². The molecule has 3 heterocycles. The van der Waals surface area contributed by atoms with Crippen molar-refractivity contribution in [3.63, 3.8) is 0 Å². The quantitative estimate of drug-likeness (QED) is 0.209. The normalized spacial score (nSPS) is 15.4. The van der Waals surface area contributed by atoms with E-state index in [0.29, 0.717) is 0 Å². The molecule has 218 valence electrons. The summed E-state index contributed by atoms with van der Waals surface area (Å²) in [5.41, 5.74) is 5.60. The van der Waals surface area contributed by atoms with Crippen LogP contribution in [0.25, 0.3) is 22.2 Å². The lowest BCUT2D eigenvalue weighted by molar-refractivity contribution is -0.121. The standard InChI is InChI=1S/C32H42N6O2S/c1-6-25(13-17-36(2)3)40-29-12-9-22(19-28(29)37(4)5)30-26-20-24(10-11-27(26)34-35-30)33-32(39)31(23-14-18-41-21-23)38-15-7-8-16-38/h9-12,14,18-21,25,31H,6-8,13,15-17H2,1-5H3,(H,33,39)(H,34,35). The number of fused-ring (bicyclic) bond motifs is 1. The van der Waals surface area contributed by atoms with E-state index in [-0.39, 0.29) is 18.1 Å². The minimum atomic E-state index is -0.275. The number of aromatic nitrogens is 2. The second-order valence-corrected chi connectivity index (χ2v) is 12.1. The van der Waals surface area contributed by atoms with Crippen LogP contribution in [0.1, 0.15) is 44.2 Å². The zero-order chi connectivity index (χ0) is 28.9. The van der Waals surface area contributed by atoms with Gasteiger partial charge < -0.3 is 19.9 Å². The maximum Gasteiger partial charge on any atom is 0.246 e. The molecule has 0 saturated carbocycles. The summed E-state index contributed by atoms with van der Waals surface area (Å²) in [7, 11) is 8.25. The Morgan fingerprint density at radius 1 is 1.12 bits per heavy atom. The summed E-state index contributed by atoms with van der Waals surface area (Å²) in [6.07, 6.45) is 4.34. The van der Waals surface area contributed by atoms with E-state index >= 15 is 0 Å². The molecule has 1 aliphatic heterocycles. The number of nitrogens with zero attached hydrogens (tertiary/aromatic N) is 4. The van der Waals surface area contributed by atoms with Gasteiger partial charge in [0.2, 0.25) is 5.91 Å². The number of carbonyl (C=O) groups excluding carboxylic acids is 1. The molecular formula is C32H42N6O2S. The lowest BCUT2D eigenvalue weighted by Crippen LogP contribution is -2.35. The second kappa shape index (κ2) is 13.1. The summed E-state index contributed by atoms with van der Waals surface area (Å²) in [5, 5.41) is 16.1. The van der Waals surface area contributed by atoms with Crippen molar-refractivity contribution in [1.82, 2.24) is 20.0 Å². The van der Waals surface area contributed by atoms with E-state index in [4.69, 9.17) is 4.74 Å². The van der Waals surface area contributed by atoms with Gasteiger partial charge in [-0.15, -0.1) is 0 Å². The number of benzene rings is 2. The third-order valence-electron chi connectivity index (χ3n) is 7.80. The predicted molar refractivity (Wildman–Crippen MR) is 170 cm³/mol. The van der Waals surface area contributed by atoms with Crippen LogP contribution in [-0.4, -0.2) is 79.8 Å². The highest BCUT2D eigenvalue weighted by atomic mass is 32.1. The highest BCUT2D eigenvalue weighted by molar-refractivity contribution is 7.08. The van der Waals surface area contributed by atoms with Crippen LogP contribution in [-0.2, 0) is 4.79 Å². The topological polar surface area (TPSA) is 76.7 Å². The van der Waals surface area contributed by atoms with Crippen molar-refractivity contribution in [2.75, 3.05) is 58.0 Å². The molecule has 1 amide bonds. The summed E-state index contributed by atoms with van der Waals surface area (Å²) in [6.45, 7) is 5.05. The molecule has 2 aromatic heterocycles. The molecule has 0 spiro atoms. The van der Waals surface area contributed by atoms with Crippen molar-refractivity contribution < 1.29 is 9.53 Å². The Morgan fingerprint density at radius 2 is 1.93 bits per heavy atom. The van der Waals surface area contributed by atoms with E-state index < -0.39 is 0 Å². The average molecular weight is 575 g/mol. The smallest absolute Gasteiger partial charge is 0.246 e. The summed E-state index contributed by atoms with van der Waals surface area (Å²) in [6, 6.07) is 14.0. The van der Waals surface area contributed by atoms with E-state index in [1.54, 1.807) is 11.3 Å². The van der Waals surface area contributed by atoms with Gasteiger partial charge in [0.1, 0.15) is 17.5 Å². The van der Waals surface area contributed by atoms with Gasteiger partial charge in [-0.2, -0.15) is 16.4 Å². The fourth-order valence-electron chi connectivity index (χ4n) is 5.52.